The van der Waals surface area contributed by atoms with Crippen LogP contribution in [0, 0.1) is 0 Å². The molecular formula is C8H12B2O6. The van der Waals surface area contributed by atoms with Gasteiger partial charge in [0.1, 0.15) is 0 Å². The molecule has 0 aliphatic heterocycles. The summed E-state index contributed by atoms with van der Waals surface area (Å²) in [6.45, 7) is 0. The fraction of sp³-hybridized carbons (Fsp3) is 0.250. The first kappa shape index (κ1) is 12.9. The summed E-state index contributed by atoms with van der Waals surface area (Å²) >= 11 is 0. The van der Waals surface area contributed by atoms with Gasteiger partial charge >= 0.3 is 14.2 Å². The highest BCUT2D eigenvalue weighted by atomic mass is 16.5. The SMILES string of the molecule is COc1ccc(B(O)O)c(B(O)O)c1OC. The van der Waals surface area contributed by atoms with Gasteiger partial charge in [-0.3, -0.25) is 0 Å². The Morgan fingerprint density at radius 1 is 0.938 bits per heavy atom. The lowest BCUT2D eigenvalue weighted by Crippen LogP contribution is -2.50. The zero-order valence-corrected chi connectivity index (χ0v) is 8.91. The molecule has 1 aromatic rings. The van der Waals surface area contributed by atoms with Crippen molar-refractivity contribution in [3.63, 3.8) is 0 Å². The number of rotatable bonds is 4. The minimum atomic E-state index is -1.89. The van der Waals surface area contributed by atoms with Crippen LogP contribution in [0.3, 0.4) is 0 Å². The first-order chi connectivity index (χ1) is 7.52. The molecule has 0 bridgehead atoms. The Morgan fingerprint density at radius 2 is 1.56 bits per heavy atom. The van der Waals surface area contributed by atoms with Crippen LogP contribution in [0.15, 0.2) is 12.1 Å². The minimum absolute atomic E-state index is 0.0485. The zero-order valence-electron chi connectivity index (χ0n) is 8.91. The van der Waals surface area contributed by atoms with E-state index in [0.29, 0.717) is 0 Å². The maximum absolute atomic E-state index is 9.18. The third-order valence-electron chi connectivity index (χ3n) is 2.15. The third-order valence-corrected chi connectivity index (χ3v) is 2.15. The van der Waals surface area contributed by atoms with Crippen molar-refractivity contribution in [1.29, 1.82) is 0 Å². The Labute approximate surface area is 93.4 Å². The molecule has 4 N–H and O–H groups in total. The molecule has 0 spiro atoms. The Balaban J connectivity index is 3.44. The molecule has 0 heterocycles. The molecule has 0 saturated heterocycles. The number of hydrogen-bond donors (Lipinski definition) is 4. The van der Waals surface area contributed by atoms with Gasteiger partial charge in [0.25, 0.3) is 0 Å². The largest absolute Gasteiger partial charge is 0.493 e. The molecule has 16 heavy (non-hydrogen) atoms. The fourth-order valence-corrected chi connectivity index (χ4v) is 1.46. The molecule has 0 amide bonds. The fourth-order valence-electron chi connectivity index (χ4n) is 1.46. The molecule has 8 heteroatoms. The van der Waals surface area contributed by atoms with Crippen molar-refractivity contribution in [2.24, 2.45) is 0 Å². The van der Waals surface area contributed by atoms with Crippen molar-refractivity contribution in [2.75, 3.05) is 14.2 Å². The van der Waals surface area contributed by atoms with Gasteiger partial charge in [-0.1, -0.05) is 6.07 Å². The molecule has 1 rings (SSSR count). The number of ether oxygens (including phenoxy) is 2. The van der Waals surface area contributed by atoms with Crippen LogP contribution in [0.5, 0.6) is 11.5 Å². The quantitative estimate of drug-likeness (QED) is 0.410. The second-order valence-electron chi connectivity index (χ2n) is 3.05. The number of benzene rings is 1. The van der Waals surface area contributed by atoms with Crippen LogP contribution in [0.2, 0.25) is 0 Å². The molecule has 0 aliphatic carbocycles. The van der Waals surface area contributed by atoms with Gasteiger partial charge in [0.15, 0.2) is 11.5 Å². The highest BCUT2D eigenvalue weighted by molar-refractivity contribution is 6.72. The second kappa shape index (κ2) is 5.22. The van der Waals surface area contributed by atoms with E-state index in [2.05, 4.69) is 0 Å². The molecule has 0 atom stereocenters. The lowest BCUT2D eigenvalue weighted by Gasteiger charge is -2.15. The lowest BCUT2D eigenvalue weighted by molar-refractivity contribution is 0.353. The summed E-state index contributed by atoms with van der Waals surface area (Å²) in [6, 6.07) is 2.76. The van der Waals surface area contributed by atoms with Gasteiger partial charge in [-0.25, -0.2) is 0 Å². The van der Waals surface area contributed by atoms with E-state index in [1.165, 1.54) is 26.4 Å². The molecule has 0 saturated carbocycles. The molecule has 1 aromatic carbocycles. The van der Waals surface area contributed by atoms with Gasteiger partial charge in [-0.2, -0.15) is 0 Å². The van der Waals surface area contributed by atoms with Gasteiger partial charge < -0.3 is 29.6 Å². The summed E-state index contributed by atoms with van der Waals surface area (Å²) in [5.74, 6) is 0.332. The predicted octanol–water partition coefficient (Wildman–Crippen LogP) is -2.94. The van der Waals surface area contributed by atoms with E-state index in [9.17, 15) is 10.0 Å². The average Bonchev–Trinajstić information content (AvgIpc) is 2.26. The predicted molar refractivity (Wildman–Crippen MR) is 59.2 cm³/mol. The van der Waals surface area contributed by atoms with E-state index in [1.807, 2.05) is 0 Å². The third kappa shape index (κ3) is 2.30. The molecular weight excluding hydrogens is 214 g/mol. The first-order valence-electron chi connectivity index (χ1n) is 4.50. The van der Waals surface area contributed by atoms with E-state index in [4.69, 9.17) is 19.5 Å². The normalized spacial score (nSPS) is 9.88. The molecule has 0 aliphatic rings. The van der Waals surface area contributed by atoms with Crippen molar-refractivity contribution >= 4 is 25.2 Å². The first-order valence-corrected chi connectivity index (χ1v) is 4.50. The van der Waals surface area contributed by atoms with Crippen LogP contribution < -0.4 is 20.4 Å². The van der Waals surface area contributed by atoms with Crippen molar-refractivity contribution in [3.05, 3.63) is 12.1 Å². The summed E-state index contributed by atoms with van der Waals surface area (Å²) in [7, 11) is -1.00. The van der Waals surface area contributed by atoms with Gasteiger partial charge in [0, 0.05) is 5.46 Å². The maximum Gasteiger partial charge on any atom is 0.492 e. The summed E-state index contributed by atoms with van der Waals surface area (Å²) in [5, 5.41) is 36.5. The summed E-state index contributed by atoms with van der Waals surface area (Å²) < 4.78 is 9.90. The smallest absolute Gasteiger partial charge is 0.492 e. The molecule has 0 fully saturated rings. The monoisotopic (exact) mass is 226 g/mol. The number of hydrogen-bond acceptors (Lipinski definition) is 6. The van der Waals surface area contributed by atoms with Gasteiger partial charge in [0.2, 0.25) is 0 Å². The molecule has 0 radical (unpaired) electrons. The highest BCUT2D eigenvalue weighted by Crippen LogP contribution is 2.23. The van der Waals surface area contributed by atoms with Crippen LogP contribution in [-0.2, 0) is 0 Å². The highest BCUT2D eigenvalue weighted by Gasteiger charge is 2.29. The number of methoxy groups -OCH3 is 2. The summed E-state index contributed by atoms with van der Waals surface area (Å²) in [6.07, 6.45) is 0. The van der Waals surface area contributed by atoms with E-state index >= 15 is 0 Å². The Kier molecular flexibility index (Phi) is 4.19. The van der Waals surface area contributed by atoms with Crippen LogP contribution in [0.4, 0.5) is 0 Å². The van der Waals surface area contributed by atoms with Crippen molar-refractivity contribution in [2.45, 2.75) is 0 Å². The molecule has 6 nitrogen and oxygen atoms in total. The maximum atomic E-state index is 9.18. The van der Waals surface area contributed by atoms with E-state index < -0.39 is 14.2 Å². The van der Waals surface area contributed by atoms with E-state index in [1.54, 1.807) is 0 Å². The Morgan fingerprint density at radius 3 is 1.94 bits per heavy atom. The lowest BCUT2D eigenvalue weighted by atomic mass is 9.65. The molecule has 86 valence electrons. The summed E-state index contributed by atoms with van der Waals surface area (Å²) in [5.41, 5.74) is -0.176. The standard InChI is InChI=1S/C8H12B2O6/c1-15-6-4-3-5(9(11)12)7(10(13)14)8(6)16-2/h3-4,11-14H,1-2H3. The Bertz CT molecular complexity index is 368. The van der Waals surface area contributed by atoms with Gasteiger partial charge in [-0.15, -0.1) is 0 Å². The van der Waals surface area contributed by atoms with Crippen LogP contribution in [0.25, 0.3) is 0 Å². The van der Waals surface area contributed by atoms with Crippen molar-refractivity contribution in [1.82, 2.24) is 0 Å². The van der Waals surface area contributed by atoms with E-state index in [0.717, 1.165) is 0 Å². The van der Waals surface area contributed by atoms with Crippen LogP contribution >= 0.6 is 0 Å². The molecule has 0 unspecified atom stereocenters. The van der Waals surface area contributed by atoms with Crippen LogP contribution in [-0.4, -0.2) is 48.6 Å². The molecule has 0 aromatic heterocycles. The van der Waals surface area contributed by atoms with E-state index in [-0.39, 0.29) is 22.4 Å². The topological polar surface area (TPSA) is 99.4 Å². The van der Waals surface area contributed by atoms with Crippen LogP contribution in [0.1, 0.15) is 0 Å². The summed E-state index contributed by atoms with van der Waals surface area (Å²) in [4.78, 5) is 0. The average molecular weight is 226 g/mol. The zero-order chi connectivity index (χ0) is 12.3. The van der Waals surface area contributed by atoms with Gasteiger partial charge in [-0.05, 0) is 11.5 Å². The second-order valence-corrected chi connectivity index (χ2v) is 3.05. The minimum Gasteiger partial charge on any atom is -0.493 e. The van der Waals surface area contributed by atoms with Crippen molar-refractivity contribution in [3.8, 4) is 11.5 Å². The van der Waals surface area contributed by atoms with Gasteiger partial charge in [0.05, 0.1) is 14.2 Å². The van der Waals surface area contributed by atoms with Crippen molar-refractivity contribution < 1.29 is 29.6 Å². The Hall–Kier alpha value is -1.21.